The van der Waals surface area contributed by atoms with Gasteiger partial charge in [0.15, 0.2) is 0 Å². The lowest BCUT2D eigenvalue weighted by molar-refractivity contribution is 0.815. The van der Waals surface area contributed by atoms with Gasteiger partial charge in [-0.2, -0.15) is 0 Å². The Morgan fingerprint density at radius 3 is 2.08 bits per heavy atom. The average Bonchev–Trinajstić information content (AvgIpc) is 2.13. The molecule has 0 aliphatic rings. The van der Waals surface area contributed by atoms with Crippen LogP contribution in [0, 0.1) is 0 Å². The van der Waals surface area contributed by atoms with Gasteiger partial charge in [0.1, 0.15) is 0 Å². The molecule has 0 atom stereocenters. The van der Waals surface area contributed by atoms with E-state index in [2.05, 4.69) is 53.8 Å². The lowest BCUT2D eigenvalue weighted by atomic mass is 10.2. The Labute approximate surface area is 87.4 Å². The minimum Gasteiger partial charge on any atom is -0.140 e. The molecule has 0 radical (unpaired) electrons. The molecule has 0 aromatic carbocycles. The van der Waals surface area contributed by atoms with Crippen molar-refractivity contribution in [2.24, 2.45) is 0 Å². The molecule has 0 N–H and O–H groups in total. The Bertz CT molecular complexity index is 166. The van der Waals surface area contributed by atoms with E-state index in [0.29, 0.717) is 0 Å². The zero-order chi connectivity index (χ0) is 9.94. The second kappa shape index (κ2) is 9.84. The van der Waals surface area contributed by atoms with E-state index in [1.165, 1.54) is 19.3 Å². The van der Waals surface area contributed by atoms with Crippen molar-refractivity contribution >= 4 is 14.1 Å². The quantitative estimate of drug-likeness (QED) is 0.441. The Morgan fingerprint density at radius 1 is 1.00 bits per heavy atom. The van der Waals surface area contributed by atoms with Crippen LogP contribution in [0.25, 0.3) is 0 Å². The van der Waals surface area contributed by atoms with Crippen LogP contribution in [0.5, 0.6) is 0 Å². The molecule has 0 heterocycles. The highest BCUT2D eigenvalue weighted by molar-refractivity contribution is 6.74. The van der Waals surface area contributed by atoms with Gasteiger partial charge in [0.05, 0.1) is 0 Å². The summed E-state index contributed by atoms with van der Waals surface area (Å²) in [6.07, 6.45) is 10.5. The van der Waals surface area contributed by atoms with Crippen LogP contribution >= 0.6 is 0 Å². The maximum atomic E-state index is 2.41. The molecule has 0 saturated heterocycles. The Balaban J connectivity index is 3.86. The maximum Gasteiger partial charge on any atom is 0.358 e. The molecule has 0 aliphatic carbocycles. The highest BCUT2D eigenvalue weighted by Crippen LogP contribution is 1.98. The van der Waals surface area contributed by atoms with E-state index in [1.807, 2.05) is 0 Å². The molecule has 0 rings (SSSR count). The largest absolute Gasteiger partial charge is 0.358 e. The molecular formula is C12H21Al. The van der Waals surface area contributed by atoms with Gasteiger partial charge in [-0.1, -0.05) is 19.8 Å². The zero-order valence-corrected chi connectivity index (χ0v) is 10.3. The second-order valence-corrected chi connectivity index (χ2v) is 5.51. The Kier molecular flexibility index (Phi) is 9.65. The summed E-state index contributed by atoms with van der Waals surface area (Å²) < 4.78 is 0. The van der Waals surface area contributed by atoms with Gasteiger partial charge < -0.3 is 0 Å². The molecule has 0 saturated carbocycles. The van der Waals surface area contributed by atoms with Crippen molar-refractivity contribution in [3.63, 3.8) is 0 Å². The van der Waals surface area contributed by atoms with E-state index in [1.54, 1.807) is 0 Å². The summed E-state index contributed by atoms with van der Waals surface area (Å²) in [6, 6.07) is 0. The maximum absolute atomic E-state index is 2.41. The molecule has 0 aromatic heterocycles. The second-order valence-electron chi connectivity index (χ2n) is 3.20. The molecule has 0 amide bonds. The minimum atomic E-state index is -0.818. The first-order chi connectivity index (χ1) is 6.35. The third kappa shape index (κ3) is 8.09. The zero-order valence-electron chi connectivity index (χ0n) is 9.16. The SMILES string of the molecule is CC=[CH][Al]([CH]=CC)[CH]=CCCCC. The first-order valence-corrected chi connectivity index (χ1v) is 7.27. The molecule has 0 fully saturated rings. The summed E-state index contributed by atoms with van der Waals surface area (Å²) in [5.74, 6) is 0. The summed E-state index contributed by atoms with van der Waals surface area (Å²) in [5, 5.41) is 0. The summed E-state index contributed by atoms with van der Waals surface area (Å²) in [5.41, 5.74) is 0. The third-order valence-corrected chi connectivity index (χ3v) is 4.29. The van der Waals surface area contributed by atoms with Crippen LogP contribution < -0.4 is 0 Å². The van der Waals surface area contributed by atoms with Crippen molar-refractivity contribution in [3.05, 3.63) is 33.0 Å². The van der Waals surface area contributed by atoms with E-state index in [9.17, 15) is 0 Å². The lowest BCUT2D eigenvalue weighted by Crippen LogP contribution is -2.00. The van der Waals surface area contributed by atoms with Gasteiger partial charge in [-0.05, 0) is 20.3 Å². The van der Waals surface area contributed by atoms with Crippen molar-refractivity contribution in [3.8, 4) is 0 Å². The highest BCUT2D eigenvalue weighted by Gasteiger charge is 2.01. The first kappa shape index (κ1) is 12.8. The first-order valence-electron chi connectivity index (χ1n) is 5.27. The van der Waals surface area contributed by atoms with E-state index >= 15 is 0 Å². The van der Waals surface area contributed by atoms with E-state index < -0.39 is 14.1 Å². The normalized spacial score (nSPS) is 12.2. The topological polar surface area (TPSA) is 0 Å². The molecule has 0 nitrogen and oxygen atoms in total. The van der Waals surface area contributed by atoms with Crippen molar-refractivity contribution in [2.75, 3.05) is 0 Å². The summed E-state index contributed by atoms with van der Waals surface area (Å²) in [7, 11) is 0. The number of hydrogen-bond donors (Lipinski definition) is 0. The van der Waals surface area contributed by atoms with Crippen LogP contribution in [0.4, 0.5) is 0 Å². The van der Waals surface area contributed by atoms with Gasteiger partial charge in [0.25, 0.3) is 0 Å². The number of allylic oxidation sites excluding steroid dienone is 3. The van der Waals surface area contributed by atoms with Crippen LogP contribution in [-0.4, -0.2) is 14.1 Å². The van der Waals surface area contributed by atoms with Crippen molar-refractivity contribution in [1.82, 2.24) is 0 Å². The van der Waals surface area contributed by atoms with Crippen LogP contribution in [0.3, 0.4) is 0 Å². The fourth-order valence-electron chi connectivity index (χ4n) is 1.21. The van der Waals surface area contributed by atoms with Gasteiger partial charge >= 0.3 is 14.1 Å². The predicted molar refractivity (Wildman–Crippen MR) is 64.0 cm³/mol. The number of unbranched alkanes of at least 4 members (excludes halogenated alkanes) is 2. The van der Waals surface area contributed by atoms with E-state index in [0.717, 1.165) is 0 Å². The number of hydrogen-bond acceptors (Lipinski definition) is 0. The molecule has 0 unspecified atom stereocenters. The molecule has 72 valence electrons. The van der Waals surface area contributed by atoms with Crippen LogP contribution in [-0.2, 0) is 0 Å². The molecule has 0 aromatic rings. The average molecular weight is 192 g/mol. The molecule has 1 heteroatoms. The Hall–Kier alpha value is -0.248. The summed E-state index contributed by atoms with van der Waals surface area (Å²) in [6.45, 7) is 6.44. The fourth-order valence-corrected chi connectivity index (χ4v) is 2.99. The lowest BCUT2D eigenvalue weighted by Gasteiger charge is -1.92. The van der Waals surface area contributed by atoms with Crippen molar-refractivity contribution < 1.29 is 0 Å². The van der Waals surface area contributed by atoms with Crippen molar-refractivity contribution in [2.45, 2.75) is 40.0 Å². The van der Waals surface area contributed by atoms with Gasteiger partial charge in [-0.25, -0.2) is 0 Å². The van der Waals surface area contributed by atoms with Gasteiger partial charge in [-0.15, -0.1) is 33.0 Å². The van der Waals surface area contributed by atoms with Crippen LogP contribution in [0.1, 0.15) is 40.0 Å². The van der Waals surface area contributed by atoms with E-state index in [-0.39, 0.29) is 0 Å². The fraction of sp³-hybridized carbons (Fsp3) is 0.500. The smallest absolute Gasteiger partial charge is 0.140 e. The molecular weight excluding hydrogens is 171 g/mol. The van der Waals surface area contributed by atoms with Crippen LogP contribution in [0.2, 0.25) is 0 Å². The van der Waals surface area contributed by atoms with Gasteiger partial charge in [0, 0.05) is 0 Å². The van der Waals surface area contributed by atoms with Gasteiger partial charge in [-0.3, -0.25) is 0 Å². The molecule has 0 spiro atoms. The summed E-state index contributed by atoms with van der Waals surface area (Å²) >= 11 is -0.818. The standard InChI is InChI=1S/C6H11.2C3H5.Al/c1-3-5-6-4-2;2*1-3-2;/h1,3H,4-6H2,2H3;2*1,3H,2H3;. The third-order valence-electron chi connectivity index (χ3n) is 1.91. The summed E-state index contributed by atoms with van der Waals surface area (Å²) in [4.78, 5) is 7.11. The van der Waals surface area contributed by atoms with Gasteiger partial charge in [0.2, 0.25) is 0 Å². The predicted octanol–water partition coefficient (Wildman–Crippen LogP) is 4.00. The molecule has 13 heavy (non-hydrogen) atoms. The molecule has 0 bridgehead atoms. The van der Waals surface area contributed by atoms with E-state index in [4.69, 9.17) is 0 Å². The number of rotatable bonds is 6. The Morgan fingerprint density at radius 2 is 1.62 bits per heavy atom. The highest BCUT2D eigenvalue weighted by atomic mass is 27.2. The van der Waals surface area contributed by atoms with Crippen molar-refractivity contribution in [1.29, 1.82) is 0 Å². The minimum absolute atomic E-state index is 0.818. The monoisotopic (exact) mass is 192 g/mol. The molecule has 0 aliphatic heterocycles. The van der Waals surface area contributed by atoms with Crippen LogP contribution in [0.15, 0.2) is 33.0 Å².